The summed E-state index contributed by atoms with van der Waals surface area (Å²) < 4.78 is 7.11. The van der Waals surface area contributed by atoms with Gasteiger partial charge in [0.25, 0.3) is 0 Å². The molecule has 29 heavy (non-hydrogen) atoms. The van der Waals surface area contributed by atoms with Crippen LogP contribution in [0.4, 0.5) is 6.01 Å². The maximum absolute atomic E-state index is 12.3. The van der Waals surface area contributed by atoms with Gasteiger partial charge in [-0.15, -0.1) is 10.2 Å². The Hall–Kier alpha value is -3.53. The molecular weight excluding hydrogens is 390 g/mol. The third-order valence-electron chi connectivity index (χ3n) is 4.05. The van der Waals surface area contributed by atoms with Crippen LogP contribution in [0, 0.1) is 13.8 Å². The highest BCUT2D eigenvalue weighted by Crippen LogP contribution is 2.22. The second-order valence-electron chi connectivity index (χ2n) is 6.28. The molecule has 0 aliphatic carbocycles. The molecule has 0 saturated carbocycles. The minimum absolute atomic E-state index is 0.0448. The molecule has 0 atom stereocenters. The van der Waals surface area contributed by atoms with Gasteiger partial charge in [0, 0.05) is 5.56 Å². The lowest BCUT2D eigenvalue weighted by Crippen LogP contribution is -2.15. The van der Waals surface area contributed by atoms with Gasteiger partial charge in [-0.3, -0.25) is 10.1 Å². The van der Waals surface area contributed by atoms with Crippen molar-refractivity contribution in [1.82, 2.24) is 30.4 Å². The number of carbonyl (C=O) groups is 1. The largest absolute Gasteiger partial charge is 0.403 e. The third-order valence-corrected chi connectivity index (χ3v) is 4.97. The Morgan fingerprint density at radius 2 is 1.93 bits per heavy atom. The highest BCUT2D eigenvalue weighted by molar-refractivity contribution is 7.99. The van der Waals surface area contributed by atoms with E-state index < -0.39 is 0 Å². The summed E-state index contributed by atoms with van der Waals surface area (Å²) in [6, 6.07) is 15.4. The second-order valence-corrected chi connectivity index (χ2v) is 7.22. The van der Waals surface area contributed by atoms with Crippen LogP contribution in [-0.2, 0) is 4.79 Å². The number of hydrogen-bond donors (Lipinski definition) is 1. The number of carbonyl (C=O) groups excluding carboxylic acids is 1. The Kier molecular flexibility index (Phi) is 5.34. The van der Waals surface area contributed by atoms with Crippen LogP contribution in [0.2, 0.25) is 0 Å². The molecule has 4 aromatic rings. The molecule has 2 heterocycles. The number of rotatable bonds is 6. The van der Waals surface area contributed by atoms with Crippen molar-refractivity contribution in [2.75, 3.05) is 11.1 Å². The fraction of sp³-hybridized carbons (Fsp3) is 0.158. The van der Waals surface area contributed by atoms with Gasteiger partial charge in [-0.1, -0.05) is 52.8 Å². The number of nitrogens with zero attached hydrogens (tertiary/aromatic N) is 6. The van der Waals surface area contributed by atoms with E-state index in [0.717, 1.165) is 22.4 Å². The van der Waals surface area contributed by atoms with E-state index in [0.29, 0.717) is 11.0 Å². The van der Waals surface area contributed by atoms with E-state index in [2.05, 4.69) is 37.1 Å². The number of aromatic nitrogens is 6. The molecule has 2 aromatic heterocycles. The molecule has 9 nitrogen and oxygen atoms in total. The maximum atomic E-state index is 12.3. The summed E-state index contributed by atoms with van der Waals surface area (Å²) in [5.41, 5.74) is 3.85. The highest BCUT2D eigenvalue weighted by Gasteiger charge is 2.15. The van der Waals surface area contributed by atoms with Crippen molar-refractivity contribution in [2.45, 2.75) is 19.0 Å². The van der Waals surface area contributed by atoms with Gasteiger partial charge in [0.05, 0.1) is 11.4 Å². The van der Waals surface area contributed by atoms with Crippen molar-refractivity contribution in [1.29, 1.82) is 0 Å². The minimum Gasteiger partial charge on any atom is -0.403 e. The SMILES string of the molecule is Cc1ccc(-n2nnnc2SCC(=O)Nc2nnc(-c3ccccc3)o2)c(C)c1. The van der Waals surface area contributed by atoms with Crippen molar-refractivity contribution in [3.63, 3.8) is 0 Å². The first-order chi connectivity index (χ1) is 14.1. The molecule has 1 N–H and O–H groups in total. The molecule has 0 fully saturated rings. The fourth-order valence-electron chi connectivity index (χ4n) is 2.72. The van der Waals surface area contributed by atoms with Gasteiger partial charge in [-0.25, -0.2) is 0 Å². The van der Waals surface area contributed by atoms with Crippen LogP contribution < -0.4 is 5.32 Å². The molecule has 0 saturated heterocycles. The number of amides is 1. The molecule has 2 aromatic carbocycles. The van der Waals surface area contributed by atoms with E-state index in [1.807, 2.05) is 56.3 Å². The molecule has 0 aliphatic rings. The summed E-state index contributed by atoms with van der Waals surface area (Å²) in [5.74, 6) is 0.134. The predicted molar refractivity (Wildman–Crippen MR) is 108 cm³/mol. The summed E-state index contributed by atoms with van der Waals surface area (Å²) in [6.07, 6.45) is 0. The van der Waals surface area contributed by atoms with E-state index in [4.69, 9.17) is 4.42 Å². The van der Waals surface area contributed by atoms with Crippen LogP contribution in [0.15, 0.2) is 58.1 Å². The molecule has 0 unspecified atom stereocenters. The lowest BCUT2D eigenvalue weighted by atomic mass is 10.1. The van der Waals surface area contributed by atoms with Gasteiger partial charge in [0.2, 0.25) is 17.0 Å². The number of thioether (sulfide) groups is 1. The minimum atomic E-state index is -0.298. The van der Waals surface area contributed by atoms with Crippen LogP contribution in [-0.4, -0.2) is 42.1 Å². The predicted octanol–water partition coefficient (Wildman–Crippen LogP) is 3.06. The zero-order chi connectivity index (χ0) is 20.2. The average molecular weight is 407 g/mol. The van der Waals surface area contributed by atoms with Gasteiger partial charge in [-0.2, -0.15) is 4.68 Å². The molecular formula is C19H17N7O2S. The summed E-state index contributed by atoms with van der Waals surface area (Å²) >= 11 is 1.22. The first-order valence-electron chi connectivity index (χ1n) is 8.78. The Morgan fingerprint density at radius 1 is 1.10 bits per heavy atom. The lowest BCUT2D eigenvalue weighted by molar-refractivity contribution is -0.113. The summed E-state index contributed by atoms with van der Waals surface area (Å²) in [4.78, 5) is 12.3. The number of hydrogen-bond acceptors (Lipinski definition) is 8. The van der Waals surface area contributed by atoms with E-state index >= 15 is 0 Å². The molecule has 0 bridgehead atoms. The number of benzene rings is 2. The van der Waals surface area contributed by atoms with Gasteiger partial charge >= 0.3 is 6.01 Å². The van der Waals surface area contributed by atoms with E-state index in [-0.39, 0.29) is 17.7 Å². The zero-order valence-electron chi connectivity index (χ0n) is 15.7. The topological polar surface area (TPSA) is 112 Å². The average Bonchev–Trinajstić information content (AvgIpc) is 3.37. The van der Waals surface area contributed by atoms with E-state index in [9.17, 15) is 4.79 Å². The summed E-state index contributed by atoms with van der Waals surface area (Å²) in [5, 5.41) is 22.7. The highest BCUT2D eigenvalue weighted by atomic mass is 32.2. The van der Waals surface area contributed by atoms with Crippen LogP contribution in [0.25, 0.3) is 17.1 Å². The quantitative estimate of drug-likeness (QED) is 0.485. The smallest absolute Gasteiger partial charge is 0.322 e. The first kappa shape index (κ1) is 18.8. The Bertz CT molecular complexity index is 1140. The van der Waals surface area contributed by atoms with Crippen molar-refractivity contribution >= 4 is 23.7 Å². The molecule has 0 spiro atoms. The van der Waals surface area contributed by atoms with Gasteiger partial charge < -0.3 is 4.42 Å². The number of tetrazole rings is 1. The van der Waals surface area contributed by atoms with Crippen LogP contribution in [0.1, 0.15) is 11.1 Å². The lowest BCUT2D eigenvalue weighted by Gasteiger charge is -2.08. The van der Waals surface area contributed by atoms with Crippen molar-refractivity contribution in [3.05, 3.63) is 59.7 Å². The second kappa shape index (κ2) is 8.23. The Labute approximate surface area is 170 Å². The fourth-order valence-corrected chi connectivity index (χ4v) is 3.40. The molecule has 10 heteroatoms. The van der Waals surface area contributed by atoms with Gasteiger partial charge in [-0.05, 0) is 48.0 Å². The van der Waals surface area contributed by atoms with Crippen LogP contribution >= 0.6 is 11.8 Å². The number of anilines is 1. The molecule has 0 radical (unpaired) electrons. The zero-order valence-corrected chi connectivity index (χ0v) is 16.6. The Morgan fingerprint density at radius 3 is 2.72 bits per heavy atom. The first-order valence-corrected chi connectivity index (χ1v) is 9.76. The number of aryl methyl sites for hydroxylation is 2. The van der Waals surface area contributed by atoms with Crippen LogP contribution in [0.3, 0.4) is 0 Å². The van der Waals surface area contributed by atoms with Crippen molar-refractivity contribution in [2.24, 2.45) is 0 Å². The summed E-state index contributed by atoms with van der Waals surface area (Å²) in [7, 11) is 0. The molecule has 146 valence electrons. The molecule has 4 rings (SSSR count). The maximum Gasteiger partial charge on any atom is 0.322 e. The third kappa shape index (κ3) is 4.32. The Balaban J connectivity index is 1.40. The van der Waals surface area contributed by atoms with Gasteiger partial charge in [0.1, 0.15) is 0 Å². The van der Waals surface area contributed by atoms with E-state index in [1.165, 1.54) is 11.8 Å². The normalized spacial score (nSPS) is 10.8. The number of nitrogens with one attached hydrogen (secondary N) is 1. The summed E-state index contributed by atoms with van der Waals surface area (Å²) in [6.45, 7) is 4.02. The van der Waals surface area contributed by atoms with Crippen LogP contribution in [0.5, 0.6) is 0 Å². The standard InChI is InChI=1S/C19H17N7O2S/c1-12-8-9-15(13(2)10-12)26-19(23-24-25-26)29-11-16(27)20-18-22-21-17(28-18)14-6-4-3-5-7-14/h3-10H,11H2,1-2H3,(H,20,22,27). The monoisotopic (exact) mass is 407 g/mol. The molecule has 0 aliphatic heterocycles. The van der Waals surface area contributed by atoms with Crippen molar-refractivity contribution < 1.29 is 9.21 Å². The van der Waals surface area contributed by atoms with Gasteiger partial charge in [0.15, 0.2) is 0 Å². The molecule has 1 amide bonds. The van der Waals surface area contributed by atoms with E-state index in [1.54, 1.807) is 4.68 Å². The van der Waals surface area contributed by atoms with Crippen molar-refractivity contribution in [3.8, 4) is 17.1 Å².